The quantitative estimate of drug-likeness (QED) is 0.275. The Kier molecular flexibility index (Phi) is 7.49. The number of rotatable bonds is 8. The predicted octanol–water partition coefficient (Wildman–Crippen LogP) is 6.61. The lowest BCUT2D eigenvalue weighted by Crippen LogP contribution is -2.42. The van der Waals surface area contributed by atoms with Gasteiger partial charge in [0.05, 0.1) is 35.9 Å². The van der Waals surface area contributed by atoms with Crippen molar-refractivity contribution in [2.75, 3.05) is 4.90 Å². The van der Waals surface area contributed by atoms with Crippen molar-refractivity contribution in [3.05, 3.63) is 58.9 Å². The van der Waals surface area contributed by atoms with Gasteiger partial charge in [0.2, 0.25) is 5.91 Å². The highest BCUT2D eigenvalue weighted by atomic mass is 16.5. The number of aryl methyl sites for hydroxylation is 2. The zero-order valence-corrected chi connectivity index (χ0v) is 23.4. The summed E-state index contributed by atoms with van der Waals surface area (Å²) in [6, 6.07) is 11.1. The molecule has 206 valence electrons. The number of nitrogens with zero attached hydrogens (tertiary/aromatic N) is 3. The van der Waals surface area contributed by atoms with E-state index in [0.29, 0.717) is 36.0 Å². The fourth-order valence-electron chi connectivity index (χ4n) is 5.74. The maximum atomic E-state index is 13.7. The molecular weight excluding hydrogens is 494 g/mol. The monoisotopic (exact) mass is 531 g/mol. The van der Waals surface area contributed by atoms with Crippen LogP contribution in [0.4, 0.5) is 5.69 Å². The van der Waals surface area contributed by atoms with Crippen LogP contribution in [-0.2, 0) is 29.8 Å². The van der Waals surface area contributed by atoms with Gasteiger partial charge in [0, 0.05) is 29.8 Å². The van der Waals surface area contributed by atoms with Crippen molar-refractivity contribution in [3.8, 4) is 0 Å². The van der Waals surface area contributed by atoms with Crippen molar-refractivity contribution >= 4 is 39.5 Å². The molecule has 1 saturated carbocycles. The molecule has 8 nitrogen and oxygen atoms in total. The van der Waals surface area contributed by atoms with Crippen LogP contribution in [0, 0.1) is 18.8 Å². The van der Waals surface area contributed by atoms with E-state index in [2.05, 4.69) is 12.0 Å². The van der Waals surface area contributed by atoms with Crippen molar-refractivity contribution in [2.24, 2.45) is 18.9 Å². The molecular formula is C31H37N3O5. The highest BCUT2D eigenvalue weighted by molar-refractivity contribution is 6.12. The molecule has 0 saturated heterocycles. The first kappa shape index (κ1) is 26.9. The molecule has 0 radical (unpaired) electrons. The van der Waals surface area contributed by atoms with E-state index in [4.69, 9.17) is 9.15 Å². The third kappa shape index (κ3) is 5.43. The minimum absolute atomic E-state index is 0.00889. The second-order valence-corrected chi connectivity index (χ2v) is 11.3. The number of carbonyl (C=O) groups is 2. The Labute approximate surface area is 228 Å². The van der Waals surface area contributed by atoms with Gasteiger partial charge in [-0.25, -0.2) is 4.79 Å². The molecule has 5 rings (SSSR count). The van der Waals surface area contributed by atoms with Gasteiger partial charge in [-0.1, -0.05) is 19.1 Å². The molecule has 0 spiro atoms. The van der Waals surface area contributed by atoms with Crippen LogP contribution in [0.3, 0.4) is 0 Å². The number of aromatic carboxylic acids is 1. The van der Waals surface area contributed by atoms with Crippen LogP contribution >= 0.6 is 0 Å². The third-order valence-electron chi connectivity index (χ3n) is 7.88. The van der Waals surface area contributed by atoms with Gasteiger partial charge in [-0.2, -0.15) is 5.10 Å². The summed E-state index contributed by atoms with van der Waals surface area (Å²) < 4.78 is 13.8. The first-order valence-electron chi connectivity index (χ1n) is 13.7. The minimum atomic E-state index is -1.08. The summed E-state index contributed by atoms with van der Waals surface area (Å²) in [6.45, 7) is 8.89. The summed E-state index contributed by atoms with van der Waals surface area (Å²) in [7, 11) is 1.90. The molecule has 0 aliphatic heterocycles. The van der Waals surface area contributed by atoms with Crippen LogP contribution in [0.5, 0.6) is 0 Å². The van der Waals surface area contributed by atoms with E-state index in [-0.39, 0.29) is 23.4 Å². The van der Waals surface area contributed by atoms with Gasteiger partial charge in [0.15, 0.2) is 0 Å². The van der Waals surface area contributed by atoms with E-state index in [9.17, 15) is 14.7 Å². The van der Waals surface area contributed by atoms with Gasteiger partial charge in [0.1, 0.15) is 11.2 Å². The fraction of sp³-hybridized carbons (Fsp3) is 0.452. The molecule has 2 aromatic carbocycles. The van der Waals surface area contributed by atoms with E-state index in [1.807, 2.05) is 62.8 Å². The molecule has 2 aromatic heterocycles. The highest BCUT2D eigenvalue weighted by Gasteiger charge is 2.33. The SMILES string of the molecule is Cc1cc(COCc2ccc3c(c2)oc2cc(C(=O)O)c(N(C(=O)[C@H]4CC[C@H](C)CC4)C(C)C)cc23)n(C)n1. The topological polar surface area (TPSA) is 97.8 Å². The number of carboxylic acid groups (broad SMARTS) is 1. The number of ether oxygens (including phenoxy) is 1. The Hall–Kier alpha value is -3.65. The number of benzene rings is 2. The summed E-state index contributed by atoms with van der Waals surface area (Å²) in [5.74, 6) is -0.531. The molecule has 4 aromatic rings. The largest absolute Gasteiger partial charge is 0.478 e. The van der Waals surface area contributed by atoms with E-state index in [1.54, 1.807) is 11.0 Å². The summed E-state index contributed by atoms with van der Waals surface area (Å²) in [6.07, 6.45) is 3.72. The van der Waals surface area contributed by atoms with Crippen LogP contribution in [0.2, 0.25) is 0 Å². The zero-order chi connectivity index (χ0) is 27.8. The second-order valence-electron chi connectivity index (χ2n) is 11.3. The Morgan fingerprint density at radius 1 is 1.08 bits per heavy atom. The van der Waals surface area contributed by atoms with Gasteiger partial charge in [-0.05, 0) is 82.2 Å². The molecule has 8 heteroatoms. The lowest BCUT2D eigenvalue weighted by atomic mass is 9.82. The van der Waals surface area contributed by atoms with Gasteiger partial charge >= 0.3 is 5.97 Å². The molecule has 39 heavy (non-hydrogen) atoms. The van der Waals surface area contributed by atoms with Gasteiger partial charge in [-0.15, -0.1) is 0 Å². The average Bonchev–Trinajstić information content (AvgIpc) is 3.40. The van der Waals surface area contributed by atoms with E-state index in [0.717, 1.165) is 53.4 Å². The van der Waals surface area contributed by atoms with Crippen molar-refractivity contribution in [3.63, 3.8) is 0 Å². The van der Waals surface area contributed by atoms with Crippen molar-refractivity contribution in [2.45, 2.75) is 72.6 Å². The Bertz CT molecular complexity index is 1520. The van der Waals surface area contributed by atoms with Gasteiger partial charge < -0.3 is 19.2 Å². The van der Waals surface area contributed by atoms with Crippen LogP contribution in [-0.4, -0.2) is 32.8 Å². The van der Waals surface area contributed by atoms with Gasteiger partial charge in [-0.3, -0.25) is 9.48 Å². The number of furan rings is 1. The molecule has 1 aliphatic rings. The molecule has 1 fully saturated rings. The van der Waals surface area contributed by atoms with Crippen LogP contribution in [0.1, 0.15) is 73.8 Å². The third-order valence-corrected chi connectivity index (χ3v) is 7.88. The van der Waals surface area contributed by atoms with Crippen LogP contribution < -0.4 is 4.90 Å². The van der Waals surface area contributed by atoms with E-state index < -0.39 is 5.97 Å². The van der Waals surface area contributed by atoms with E-state index in [1.165, 1.54) is 0 Å². The summed E-state index contributed by atoms with van der Waals surface area (Å²) in [5.41, 5.74) is 4.53. The molecule has 1 aliphatic carbocycles. The zero-order valence-electron chi connectivity index (χ0n) is 23.4. The Morgan fingerprint density at radius 2 is 1.79 bits per heavy atom. The molecule has 2 heterocycles. The average molecular weight is 532 g/mol. The predicted molar refractivity (Wildman–Crippen MR) is 151 cm³/mol. The maximum Gasteiger partial charge on any atom is 0.337 e. The number of anilines is 1. The maximum absolute atomic E-state index is 13.7. The lowest BCUT2D eigenvalue weighted by molar-refractivity contribution is -0.123. The number of hydrogen-bond acceptors (Lipinski definition) is 5. The lowest BCUT2D eigenvalue weighted by Gasteiger charge is -2.34. The molecule has 1 amide bonds. The van der Waals surface area contributed by atoms with Crippen molar-refractivity contribution in [1.29, 1.82) is 0 Å². The number of amides is 1. The summed E-state index contributed by atoms with van der Waals surface area (Å²) in [5, 5.41) is 16.1. The number of carboxylic acids is 1. The van der Waals surface area contributed by atoms with Crippen molar-refractivity contribution < 1.29 is 23.8 Å². The fourth-order valence-corrected chi connectivity index (χ4v) is 5.74. The Balaban J connectivity index is 1.46. The van der Waals surface area contributed by atoms with Crippen molar-refractivity contribution in [1.82, 2.24) is 9.78 Å². The first-order valence-corrected chi connectivity index (χ1v) is 13.7. The molecule has 1 N–H and O–H groups in total. The molecule has 0 unspecified atom stereocenters. The number of hydrogen-bond donors (Lipinski definition) is 1. The normalized spacial score (nSPS) is 17.8. The smallest absolute Gasteiger partial charge is 0.337 e. The van der Waals surface area contributed by atoms with E-state index >= 15 is 0 Å². The minimum Gasteiger partial charge on any atom is -0.478 e. The molecule has 0 bridgehead atoms. The second kappa shape index (κ2) is 10.8. The number of aromatic nitrogens is 2. The Morgan fingerprint density at radius 3 is 2.44 bits per heavy atom. The summed E-state index contributed by atoms with van der Waals surface area (Å²) in [4.78, 5) is 27.8. The highest BCUT2D eigenvalue weighted by Crippen LogP contribution is 2.38. The number of fused-ring (bicyclic) bond motifs is 3. The molecule has 0 atom stereocenters. The van der Waals surface area contributed by atoms with Crippen LogP contribution in [0.15, 0.2) is 40.8 Å². The first-order chi connectivity index (χ1) is 18.6. The van der Waals surface area contributed by atoms with Crippen LogP contribution in [0.25, 0.3) is 21.9 Å². The number of carbonyl (C=O) groups excluding carboxylic acids is 1. The summed E-state index contributed by atoms with van der Waals surface area (Å²) >= 11 is 0. The standard InChI is InChI=1S/C31H37N3O5/c1-18(2)34(30(35)22-9-6-19(3)7-10-22)27-14-25-24-11-8-21(16-38-17-23-12-20(4)32-33(23)5)13-28(24)39-29(25)15-26(27)31(36)37/h8,11-15,18-19,22H,6-7,9-10,16-17H2,1-5H3,(H,36,37)/t19-,22-. The van der Waals surface area contributed by atoms with Gasteiger partial charge in [0.25, 0.3) is 0 Å².